The van der Waals surface area contributed by atoms with Gasteiger partial charge in [-0.2, -0.15) is 4.99 Å². The quantitative estimate of drug-likeness (QED) is 0.728. The van der Waals surface area contributed by atoms with Crippen LogP contribution in [0.15, 0.2) is 58.5 Å². The molecule has 7 heteroatoms. The lowest BCUT2D eigenvalue weighted by Gasteiger charge is -2.45. The third kappa shape index (κ3) is 4.26. The van der Waals surface area contributed by atoms with E-state index in [1.165, 1.54) is 6.42 Å². The maximum atomic E-state index is 12.3. The second-order valence-electron chi connectivity index (χ2n) is 8.40. The van der Waals surface area contributed by atoms with Gasteiger partial charge in [0.2, 0.25) is 11.9 Å². The van der Waals surface area contributed by atoms with Crippen LogP contribution in [-0.4, -0.2) is 29.7 Å². The molecule has 2 aliphatic rings. The number of nitrogens with zero attached hydrogens (tertiary/aromatic N) is 3. The van der Waals surface area contributed by atoms with Gasteiger partial charge in [-0.05, 0) is 74.9 Å². The van der Waals surface area contributed by atoms with Crippen molar-refractivity contribution in [1.29, 1.82) is 0 Å². The van der Waals surface area contributed by atoms with Gasteiger partial charge in [-0.25, -0.2) is 9.79 Å². The number of rotatable bonds is 4. The highest BCUT2D eigenvalue weighted by Gasteiger charge is 2.42. The van der Waals surface area contributed by atoms with Crippen molar-refractivity contribution in [2.75, 3.05) is 4.90 Å². The molecule has 2 aromatic rings. The number of anilines is 1. The van der Waals surface area contributed by atoms with Gasteiger partial charge in [-0.1, -0.05) is 30.7 Å². The molecule has 1 aliphatic carbocycles. The highest BCUT2D eigenvalue weighted by Crippen LogP contribution is 2.39. The number of benzene rings is 2. The van der Waals surface area contributed by atoms with Crippen LogP contribution in [0.5, 0.6) is 0 Å². The highest BCUT2D eigenvalue weighted by atomic mass is 16.5. The van der Waals surface area contributed by atoms with Gasteiger partial charge < -0.3 is 16.2 Å². The minimum Gasteiger partial charge on any atom is -0.459 e. The minimum absolute atomic E-state index is 0.157. The fourth-order valence-corrected chi connectivity index (χ4v) is 4.41. The van der Waals surface area contributed by atoms with Crippen LogP contribution < -0.4 is 16.4 Å². The summed E-state index contributed by atoms with van der Waals surface area (Å²) in [4.78, 5) is 23.2. The Balaban J connectivity index is 1.63. The van der Waals surface area contributed by atoms with E-state index in [-0.39, 0.29) is 18.0 Å². The Labute approximate surface area is 182 Å². The molecule has 162 valence electrons. The zero-order chi connectivity index (χ0) is 22.0. The van der Waals surface area contributed by atoms with E-state index in [4.69, 9.17) is 21.2 Å². The summed E-state index contributed by atoms with van der Waals surface area (Å²) in [7, 11) is 0. The van der Waals surface area contributed by atoms with E-state index in [0.29, 0.717) is 11.5 Å². The van der Waals surface area contributed by atoms with Crippen LogP contribution in [0.4, 0.5) is 5.69 Å². The van der Waals surface area contributed by atoms with Gasteiger partial charge in [0.25, 0.3) is 0 Å². The summed E-state index contributed by atoms with van der Waals surface area (Å²) in [5.41, 5.74) is 15.2. The van der Waals surface area contributed by atoms with Crippen molar-refractivity contribution < 1.29 is 9.53 Å². The van der Waals surface area contributed by atoms with Crippen molar-refractivity contribution in [3.63, 3.8) is 0 Å². The van der Waals surface area contributed by atoms with Gasteiger partial charge in [0.1, 0.15) is 5.66 Å². The molecule has 31 heavy (non-hydrogen) atoms. The van der Waals surface area contributed by atoms with Crippen molar-refractivity contribution in [3.05, 3.63) is 54.1 Å². The fourth-order valence-electron chi connectivity index (χ4n) is 4.41. The maximum Gasteiger partial charge on any atom is 0.338 e. The molecule has 2 aromatic carbocycles. The lowest BCUT2D eigenvalue weighted by Crippen LogP contribution is -2.58. The summed E-state index contributed by atoms with van der Waals surface area (Å²) in [6.07, 6.45) is 4.99. The molecule has 0 radical (unpaired) electrons. The first-order valence-corrected chi connectivity index (χ1v) is 10.8. The van der Waals surface area contributed by atoms with Crippen LogP contribution in [-0.2, 0) is 4.74 Å². The van der Waals surface area contributed by atoms with Crippen LogP contribution in [0.25, 0.3) is 11.1 Å². The van der Waals surface area contributed by atoms with E-state index in [9.17, 15) is 4.79 Å². The van der Waals surface area contributed by atoms with Crippen molar-refractivity contribution >= 4 is 23.6 Å². The van der Waals surface area contributed by atoms with Crippen molar-refractivity contribution in [3.8, 4) is 11.1 Å². The van der Waals surface area contributed by atoms with E-state index in [1.807, 2.05) is 61.2 Å². The maximum absolute atomic E-state index is 12.3. The van der Waals surface area contributed by atoms with E-state index >= 15 is 0 Å². The van der Waals surface area contributed by atoms with Gasteiger partial charge in [0.05, 0.1) is 11.7 Å². The van der Waals surface area contributed by atoms with Crippen LogP contribution in [0.3, 0.4) is 0 Å². The molecule has 0 saturated heterocycles. The summed E-state index contributed by atoms with van der Waals surface area (Å²) in [6.45, 7) is 3.68. The van der Waals surface area contributed by atoms with Gasteiger partial charge >= 0.3 is 5.97 Å². The minimum atomic E-state index is -0.462. The number of hydrogen-bond donors (Lipinski definition) is 2. The van der Waals surface area contributed by atoms with Crippen LogP contribution in [0.1, 0.15) is 56.3 Å². The average molecular weight is 420 g/mol. The third-order valence-corrected chi connectivity index (χ3v) is 5.75. The fraction of sp³-hybridized carbons (Fsp3) is 0.375. The Hall–Kier alpha value is -3.35. The zero-order valence-electron chi connectivity index (χ0n) is 18.0. The molecule has 1 aliphatic heterocycles. The third-order valence-electron chi connectivity index (χ3n) is 5.75. The molecule has 1 fully saturated rings. The van der Waals surface area contributed by atoms with Crippen molar-refractivity contribution in [1.82, 2.24) is 0 Å². The first-order chi connectivity index (χ1) is 14.9. The number of guanidine groups is 2. The predicted molar refractivity (Wildman–Crippen MR) is 124 cm³/mol. The number of nitrogens with two attached hydrogens (primary N) is 2. The van der Waals surface area contributed by atoms with Gasteiger partial charge in [-0.15, -0.1) is 0 Å². The molecule has 0 atom stereocenters. The second-order valence-corrected chi connectivity index (χ2v) is 8.40. The van der Waals surface area contributed by atoms with Crippen LogP contribution in [0.2, 0.25) is 0 Å². The molecular formula is C24H29N5O2. The molecule has 0 bridgehead atoms. The van der Waals surface area contributed by atoms with Crippen molar-refractivity contribution in [2.24, 2.45) is 21.5 Å². The molecule has 0 aromatic heterocycles. The molecule has 0 unspecified atom stereocenters. The Morgan fingerprint density at radius 1 is 1.03 bits per heavy atom. The number of ether oxygens (including phenoxy) is 1. The van der Waals surface area contributed by atoms with E-state index in [0.717, 1.165) is 42.5 Å². The summed E-state index contributed by atoms with van der Waals surface area (Å²) in [5.74, 6) is 0.304. The molecule has 1 spiro atoms. The number of carbonyl (C=O) groups excluding carboxylic acids is 1. The van der Waals surface area contributed by atoms with E-state index < -0.39 is 5.66 Å². The molecule has 7 nitrogen and oxygen atoms in total. The lowest BCUT2D eigenvalue weighted by atomic mass is 9.87. The number of aliphatic imine (C=N–C) groups is 2. The smallest absolute Gasteiger partial charge is 0.338 e. The van der Waals surface area contributed by atoms with E-state index in [2.05, 4.69) is 4.99 Å². The molecule has 1 saturated carbocycles. The van der Waals surface area contributed by atoms with Gasteiger partial charge in [0.15, 0.2) is 0 Å². The summed E-state index contributed by atoms with van der Waals surface area (Å²) < 4.78 is 5.31. The van der Waals surface area contributed by atoms with Crippen molar-refractivity contribution in [2.45, 2.75) is 57.7 Å². The molecule has 4 N–H and O–H groups in total. The lowest BCUT2D eigenvalue weighted by molar-refractivity contribution is 0.0378. The Morgan fingerprint density at radius 3 is 2.42 bits per heavy atom. The molecular weight excluding hydrogens is 390 g/mol. The standard InChI is InChI=1S/C24H29N5O2/c1-16(2)31-21(30)19-8-6-7-18(15-19)17-9-11-20(12-10-17)29-23(26)27-22(25)28-24(29)13-4-3-5-14-24/h6-12,15-16H,3-5,13-14H2,1-2H3,(H4,25,26,27,28). The average Bonchev–Trinajstić information content (AvgIpc) is 2.74. The topological polar surface area (TPSA) is 106 Å². The SMILES string of the molecule is CC(C)OC(=O)c1cccc(-c2ccc(N3C(N)=NC(N)=NC34CCCCC4)cc2)c1. The highest BCUT2D eigenvalue weighted by molar-refractivity contribution is 6.05. The second kappa shape index (κ2) is 8.41. The van der Waals surface area contributed by atoms with E-state index in [1.54, 1.807) is 6.07 Å². The Kier molecular flexibility index (Phi) is 5.67. The zero-order valence-corrected chi connectivity index (χ0v) is 18.0. The predicted octanol–water partition coefficient (Wildman–Crippen LogP) is 4.03. The Bertz CT molecular complexity index is 1020. The molecule has 0 amide bonds. The monoisotopic (exact) mass is 419 g/mol. The number of hydrogen-bond acceptors (Lipinski definition) is 7. The first-order valence-electron chi connectivity index (χ1n) is 10.8. The molecule has 4 rings (SSSR count). The Morgan fingerprint density at radius 2 is 1.74 bits per heavy atom. The first kappa shape index (κ1) is 20.9. The van der Waals surface area contributed by atoms with Crippen LogP contribution in [0, 0.1) is 0 Å². The largest absolute Gasteiger partial charge is 0.459 e. The van der Waals surface area contributed by atoms with Gasteiger partial charge in [0, 0.05) is 5.69 Å². The van der Waals surface area contributed by atoms with Gasteiger partial charge in [-0.3, -0.25) is 4.90 Å². The number of carbonyl (C=O) groups is 1. The van der Waals surface area contributed by atoms with Crippen LogP contribution >= 0.6 is 0 Å². The number of esters is 1. The summed E-state index contributed by atoms with van der Waals surface area (Å²) in [6, 6.07) is 15.5. The summed E-state index contributed by atoms with van der Waals surface area (Å²) in [5, 5.41) is 0. The normalized spacial score (nSPS) is 18.0. The summed E-state index contributed by atoms with van der Waals surface area (Å²) >= 11 is 0. The molecule has 1 heterocycles.